The monoisotopic (exact) mass is 231 g/mol. The Bertz CT molecular complexity index is 66.1. The van der Waals surface area contributed by atoms with Crippen LogP contribution >= 0.6 is 28.4 Å². The molecule has 0 aromatic rings. The first kappa shape index (κ1) is 6.16. The highest BCUT2D eigenvalue weighted by Gasteiger charge is 2.17. The molecule has 1 aliphatic heterocycles. The van der Waals surface area contributed by atoms with Crippen LogP contribution in [0.1, 0.15) is 0 Å². The van der Waals surface area contributed by atoms with Crippen LogP contribution in [0.3, 0.4) is 0 Å². The number of hydrogen-bond acceptors (Lipinski definition) is 1. The number of rotatable bonds is 0. The summed E-state index contributed by atoms with van der Waals surface area (Å²) in [6, 6.07) is 0. The first-order valence-electron chi connectivity index (χ1n) is 2.35. The summed E-state index contributed by atoms with van der Waals surface area (Å²) < 4.78 is 0. The van der Waals surface area contributed by atoms with Crippen molar-refractivity contribution in [1.82, 2.24) is 5.32 Å². The largest absolute Gasteiger partial charge is 0.308 e. The molecular weight excluding hydrogens is 221 g/mol. The molecule has 0 saturated carbocycles. The van der Waals surface area contributed by atoms with Gasteiger partial charge in [-0.2, -0.15) is 7.20 Å². The average Bonchev–Trinajstić information content (AvgIpc) is 1.84. The van der Waals surface area contributed by atoms with Gasteiger partial charge in [-0.25, -0.2) is 0 Å². The molecule has 1 aliphatic rings. The van der Waals surface area contributed by atoms with Crippen molar-refractivity contribution in [2.45, 2.75) is 0 Å². The summed E-state index contributed by atoms with van der Waals surface area (Å²) in [7, 11) is -0.187. The van der Waals surface area contributed by atoms with Crippen molar-refractivity contribution >= 4 is 28.4 Å². The van der Waals surface area contributed by atoms with E-state index in [1.54, 1.807) is 0 Å². The van der Waals surface area contributed by atoms with Crippen molar-refractivity contribution in [3.63, 3.8) is 0 Å². The van der Waals surface area contributed by atoms with Gasteiger partial charge in [0.1, 0.15) is 0 Å². The normalized spacial score (nSPS) is 51.1. The van der Waals surface area contributed by atoms with Gasteiger partial charge in [0.15, 0.2) is 0 Å². The molecule has 0 bridgehead atoms. The Balaban J connectivity index is 2.40. The standard InChI is InChI=1S/C4H10INS/c1-7(5)3-2-6-4-7/h6H,2-4H2,1H3. The van der Waals surface area contributed by atoms with Crippen LogP contribution in [0.15, 0.2) is 0 Å². The minimum absolute atomic E-state index is 0.187. The summed E-state index contributed by atoms with van der Waals surface area (Å²) in [6.45, 7) is 1.24. The van der Waals surface area contributed by atoms with E-state index in [-0.39, 0.29) is 7.20 Å². The third kappa shape index (κ3) is 1.77. The Morgan fingerprint density at radius 2 is 2.43 bits per heavy atom. The Labute approximate surface area is 58.1 Å². The maximum atomic E-state index is 3.34. The highest BCUT2D eigenvalue weighted by atomic mass is 127. The third-order valence-corrected chi connectivity index (χ3v) is 5.22. The lowest BCUT2D eigenvalue weighted by Gasteiger charge is -2.18. The highest BCUT2D eigenvalue weighted by Crippen LogP contribution is 2.53. The van der Waals surface area contributed by atoms with E-state index >= 15 is 0 Å². The molecule has 44 valence electrons. The summed E-state index contributed by atoms with van der Waals surface area (Å²) in [4.78, 5) is 0. The van der Waals surface area contributed by atoms with Gasteiger partial charge in [0.2, 0.25) is 0 Å². The molecule has 0 radical (unpaired) electrons. The minimum Gasteiger partial charge on any atom is -0.308 e. The van der Waals surface area contributed by atoms with Crippen molar-refractivity contribution < 1.29 is 0 Å². The molecule has 1 heterocycles. The first-order valence-corrected chi connectivity index (χ1v) is 7.27. The van der Waals surface area contributed by atoms with Gasteiger partial charge in [-0.1, -0.05) is 0 Å². The van der Waals surface area contributed by atoms with E-state index in [1.165, 1.54) is 18.2 Å². The molecule has 1 N–H and O–H groups in total. The van der Waals surface area contributed by atoms with Crippen molar-refractivity contribution in [3.8, 4) is 0 Å². The molecule has 0 amide bonds. The molecule has 1 saturated heterocycles. The summed E-state index contributed by atoms with van der Waals surface area (Å²) in [5.74, 6) is 2.68. The molecule has 1 unspecified atom stereocenters. The van der Waals surface area contributed by atoms with Gasteiger partial charge < -0.3 is 5.32 Å². The number of hydrogen-bond donors (Lipinski definition) is 1. The molecule has 1 rings (SSSR count). The highest BCUT2D eigenvalue weighted by molar-refractivity contribution is 14.2. The van der Waals surface area contributed by atoms with Gasteiger partial charge in [0.05, 0.1) is 0 Å². The predicted molar refractivity (Wildman–Crippen MR) is 45.3 cm³/mol. The fraction of sp³-hybridized carbons (Fsp3) is 1.00. The summed E-state index contributed by atoms with van der Waals surface area (Å²) >= 11 is 2.59. The van der Waals surface area contributed by atoms with Crippen LogP contribution in [-0.4, -0.2) is 24.4 Å². The van der Waals surface area contributed by atoms with Crippen LogP contribution in [-0.2, 0) is 0 Å². The maximum Gasteiger partial charge on any atom is 0.0340 e. The summed E-state index contributed by atoms with van der Waals surface area (Å²) in [5.41, 5.74) is 0. The van der Waals surface area contributed by atoms with Gasteiger partial charge >= 0.3 is 0 Å². The summed E-state index contributed by atoms with van der Waals surface area (Å²) in [5, 5.41) is 3.34. The zero-order chi connectivity index (χ0) is 5.33. The van der Waals surface area contributed by atoms with Crippen LogP contribution in [0.5, 0.6) is 0 Å². The lowest BCUT2D eigenvalue weighted by Crippen LogP contribution is -2.05. The van der Waals surface area contributed by atoms with Crippen molar-refractivity contribution in [3.05, 3.63) is 0 Å². The Morgan fingerprint density at radius 3 is 2.57 bits per heavy atom. The number of halogens is 1. The van der Waals surface area contributed by atoms with Crippen LogP contribution in [0.25, 0.3) is 0 Å². The summed E-state index contributed by atoms with van der Waals surface area (Å²) in [6.07, 6.45) is 2.37. The third-order valence-electron chi connectivity index (χ3n) is 1.11. The molecule has 1 atom stereocenters. The van der Waals surface area contributed by atoms with Crippen LogP contribution in [0.2, 0.25) is 0 Å². The zero-order valence-corrected chi connectivity index (χ0v) is 7.38. The van der Waals surface area contributed by atoms with Crippen LogP contribution in [0.4, 0.5) is 0 Å². The second-order valence-corrected chi connectivity index (χ2v) is 11.4. The SMILES string of the molecule is CS1(I)CCNC1. The number of nitrogens with one attached hydrogen (secondary N) is 1. The van der Waals surface area contributed by atoms with E-state index in [2.05, 4.69) is 32.8 Å². The van der Waals surface area contributed by atoms with Crippen LogP contribution < -0.4 is 5.32 Å². The molecule has 0 aromatic heterocycles. The van der Waals surface area contributed by atoms with E-state index in [0.29, 0.717) is 0 Å². The average molecular weight is 231 g/mol. The molecule has 3 heteroatoms. The van der Waals surface area contributed by atoms with E-state index < -0.39 is 0 Å². The van der Waals surface area contributed by atoms with Crippen molar-refractivity contribution in [2.75, 3.05) is 24.4 Å². The second kappa shape index (κ2) is 2.11. The predicted octanol–water partition coefficient (Wildman–Crippen LogP) is 1.33. The molecule has 0 spiro atoms. The van der Waals surface area contributed by atoms with Crippen LogP contribution in [0, 0.1) is 0 Å². The first-order chi connectivity index (χ1) is 3.21. The molecule has 0 aliphatic carbocycles. The van der Waals surface area contributed by atoms with E-state index in [0.717, 1.165) is 0 Å². The van der Waals surface area contributed by atoms with Gasteiger partial charge in [-0.15, -0.1) is 0 Å². The molecule has 7 heavy (non-hydrogen) atoms. The second-order valence-electron chi connectivity index (χ2n) is 2.00. The molecule has 1 fully saturated rings. The minimum atomic E-state index is -0.187. The fourth-order valence-corrected chi connectivity index (χ4v) is 3.25. The van der Waals surface area contributed by atoms with Gasteiger partial charge in [-0.05, 0) is 33.2 Å². The lowest BCUT2D eigenvalue weighted by atomic mass is 10.8. The van der Waals surface area contributed by atoms with Crippen molar-refractivity contribution in [2.24, 2.45) is 0 Å². The van der Waals surface area contributed by atoms with Gasteiger partial charge in [-0.3, -0.25) is 0 Å². The topological polar surface area (TPSA) is 12.0 Å². The Hall–Kier alpha value is 1.04. The quantitative estimate of drug-likeness (QED) is 0.620. The van der Waals surface area contributed by atoms with E-state index in [9.17, 15) is 0 Å². The van der Waals surface area contributed by atoms with Gasteiger partial charge in [0, 0.05) is 12.4 Å². The van der Waals surface area contributed by atoms with Gasteiger partial charge in [0.25, 0.3) is 0 Å². The molecule has 1 nitrogen and oxygen atoms in total. The molecular formula is C4H10INS. The van der Waals surface area contributed by atoms with E-state index in [4.69, 9.17) is 0 Å². The van der Waals surface area contributed by atoms with Crippen molar-refractivity contribution in [1.29, 1.82) is 0 Å². The molecule has 0 aromatic carbocycles. The lowest BCUT2D eigenvalue weighted by molar-refractivity contribution is 0.885. The maximum absolute atomic E-state index is 3.34. The Morgan fingerprint density at radius 1 is 1.71 bits per heavy atom. The zero-order valence-electron chi connectivity index (χ0n) is 4.41. The Kier molecular flexibility index (Phi) is 1.86. The van der Waals surface area contributed by atoms with E-state index in [1.807, 2.05) is 0 Å². The fourth-order valence-electron chi connectivity index (χ4n) is 0.642. The smallest absolute Gasteiger partial charge is 0.0340 e.